The molecule has 0 aromatic rings. The van der Waals surface area contributed by atoms with Crippen LogP contribution in [0.15, 0.2) is 0 Å². The van der Waals surface area contributed by atoms with Gasteiger partial charge in [-0.2, -0.15) is 0 Å². The van der Waals surface area contributed by atoms with Crippen molar-refractivity contribution in [2.45, 2.75) is 19.3 Å². The van der Waals surface area contributed by atoms with Crippen molar-refractivity contribution in [3.05, 3.63) is 0 Å². The molecule has 72 valence electrons. The highest BCUT2D eigenvalue weighted by Gasteiger charge is 2.44. The Labute approximate surface area is 76.1 Å². The average Bonchev–Trinajstić information content (AvgIpc) is 2.58. The zero-order chi connectivity index (χ0) is 9.14. The first kappa shape index (κ1) is 10.0. The highest BCUT2D eigenvalue weighted by atomic mass is 15.0. The quantitative estimate of drug-likeness (QED) is 0.640. The molecule has 2 N–H and O–H groups in total. The van der Waals surface area contributed by atoms with Gasteiger partial charge >= 0.3 is 0 Å². The fourth-order valence-corrected chi connectivity index (χ4v) is 2.03. The number of hydrogen-bond donors (Lipinski definition) is 1. The van der Waals surface area contributed by atoms with Crippen LogP contribution < -0.4 is 5.73 Å². The lowest BCUT2D eigenvalue weighted by Gasteiger charge is -2.04. The smallest absolute Gasteiger partial charge is 0.00487 e. The molecule has 0 amide bonds. The molecule has 2 rings (SSSR count). The first-order valence-corrected chi connectivity index (χ1v) is 4.94. The molecule has 2 aliphatic rings. The van der Waals surface area contributed by atoms with Crippen molar-refractivity contribution < 1.29 is 0 Å². The third-order valence-electron chi connectivity index (χ3n) is 2.67. The number of fused-ring (bicyclic) bond motifs is 1. The van der Waals surface area contributed by atoms with Gasteiger partial charge in [-0.25, -0.2) is 0 Å². The van der Waals surface area contributed by atoms with Crippen LogP contribution >= 0.6 is 0 Å². The van der Waals surface area contributed by atoms with Crippen LogP contribution in [0.25, 0.3) is 0 Å². The summed E-state index contributed by atoms with van der Waals surface area (Å²) in [5, 5.41) is 0. The minimum Gasteiger partial charge on any atom is -0.330 e. The molecule has 0 spiro atoms. The molecule has 2 heteroatoms. The van der Waals surface area contributed by atoms with Gasteiger partial charge in [0.1, 0.15) is 0 Å². The molecule has 0 aliphatic heterocycles. The monoisotopic (exact) mass is 170 g/mol. The summed E-state index contributed by atoms with van der Waals surface area (Å²) in [6, 6.07) is 0. The standard InChI is InChI=1S/C7H13N.C3H9N/c8-4-5-1-6-3-7(6)2-5;1-4(2)3/h5-7H,1-4,8H2;1-3H3. The second kappa shape index (κ2) is 4.24. The van der Waals surface area contributed by atoms with Gasteiger partial charge in [0, 0.05) is 0 Å². The van der Waals surface area contributed by atoms with Gasteiger partial charge in [0.15, 0.2) is 0 Å². The third kappa shape index (κ3) is 3.11. The van der Waals surface area contributed by atoms with E-state index in [4.69, 9.17) is 5.73 Å². The van der Waals surface area contributed by atoms with Crippen LogP contribution in [-0.4, -0.2) is 32.6 Å². The molecule has 0 saturated heterocycles. The third-order valence-corrected chi connectivity index (χ3v) is 2.67. The Balaban J connectivity index is 0.000000157. The van der Waals surface area contributed by atoms with Gasteiger partial charge in [-0.3, -0.25) is 0 Å². The normalized spacial score (nSPS) is 37.2. The van der Waals surface area contributed by atoms with Crippen LogP contribution in [0.3, 0.4) is 0 Å². The lowest BCUT2D eigenvalue weighted by Crippen LogP contribution is -2.11. The van der Waals surface area contributed by atoms with Gasteiger partial charge in [-0.05, 0) is 64.7 Å². The molecule has 0 aromatic carbocycles. The van der Waals surface area contributed by atoms with Crippen LogP contribution in [-0.2, 0) is 0 Å². The first-order chi connectivity index (χ1) is 5.63. The highest BCUT2D eigenvalue weighted by Crippen LogP contribution is 2.53. The maximum atomic E-state index is 5.52. The van der Waals surface area contributed by atoms with Crippen molar-refractivity contribution in [2.24, 2.45) is 23.5 Å². The van der Waals surface area contributed by atoms with Crippen molar-refractivity contribution in [1.29, 1.82) is 0 Å². The van der Waals surface area contributed by atoms with Crippen LogP contribution in [0.4, 0.5) is 0 Å². The van der Waals surface area contributed by atoms with Crippen molar-refractivity contribution in [2.75, 3.05) is 27.7 Å². The van der Waals surface area contributed by atoms with E-state index in [9.17, 15) is 0 Å². The molecular formula is C10H22N2. The van der Waals surface area contributed by atoms with Gasteiger partial charge < -0.3 is 10.6 Å². The zero-order valence-corrected chi connectivity index (χ0v) is 8.59. The van der Waals surface area contributed by atoms with Crippen LogP contribution in [0.2, 0.25) is 0 Å². The minimum atomic E-state index is 0.902. The van der Waals surface area contributed by atoms with Crippen LogP contribution in [0, 0.1) is 17.8 Å². The Bertz CT molecular complexity index is 121. The Morgan fingerprint density at radius 3 is 1.75 bits per heavy atom. The Hall–Kier alpha value is -0.0800. The molecule has 2 nitrogen and oxygen atoms in total. The maximum absolute atomic E-state index is 5.52. The highest BCUT2D eigenvalue weighted by molar-refractivity contribution is 4.95. The topological polar surface area (TPSA) is 29.3 Å². The second-order valence-corrected chi connectivity index (χ2v) is 4.67. The van der Waals surface area contributed by atoms with Gasteiger partial charge in [0.2, 0.25) is 0 Å². The SMILES string of the molecule is CN(C)C.NCC1CC2CC2C1. The predicted molar refractivity (Wildman–Crippen MR) is 53.0 cm³/mol. The van der Waals surface area contributed by atoms with Gasteiger partial charge in [0.25, 0.3) is 0 Å². The Morgan fingerprint density at radius 1 is 1.08 bits per heavy atom. The number of nitrogens with two attached hydrogens (primary N) is 1. The van der Waals surface area contributed by atoms with E-state index in [1.165, 1.54) is 19.3 Å². The fourth-order valence-electron chi connectivity index (χ4n) is 2.03. The summed E-state index contributed by atoms with van der Waals surface area (Å²) in [6.07, 6.45) is 4.42. The lowest BCUT2D eigenvalue weighted by atomic mass is 10.0. The zero-order valence-electron chi connectivity index (χ0n) is 8.59. The van der Waals surface area contributed by atoms with E-state index >= 15 is 0 Å². The van der Waals surface area contributed by atoms with E-state index in [0.29, 0.717) is 0 Å². The minimum absolute atomic E-state index is 0.902. The first-order valence-electron chi connectivity index (χ1n) is 4.94. The fraction of sp³-hybridized carbons (Fsp3) is 1.00. The van der Waals surface area contributed by atoms with Crippen LogP contribution in [0.5, 0.6) is 0 Å². The van der Waals surface area contributed by atoms with E-state index < -0.39 is 0 Å². The molecule has 12 heavy (non-hydrogen) atoms. The second-order valence-electron chi connectivity index (χ2n) is 4.67. The summed E-state index contributed by atoms with van der Waals surface area (Å²) in [4.78, 5) is 2.00. The molecule has 0 radical (unpaired) electrons. The van der Waals surface area contributed by atoms with Crippen molar-refractivity contribution in [3.63, 3.8) is 0 Å². The molecular weight excluding hydrogens is 148 g/mol. The summed E-state index contributed by atoms with van der Waals surface area (Å²) < 4.78 is 0. The molecule has 0 aromatic heterocycles. The van der Waals surface area contributed by atoms with E-state index in [1.54, 1.807) is 0 Å². The predicted octanol–water partition coefficient (Wildman–Crippen LogP) is 1.17. The molecule has 2 atom stereocenters. The van der Waals surface area contributed by atoms with E-state index in [2.05, 4.69) is 0 Å². The largest absolute Gasteiger partial charge is 0.330 e. The number of nitrogens with zero attached hydrogens (tertiary/aromatic N) is 1. The van der Waals surface area contributed by atoms with E-state index in [-0.39, 0.29) is 0 Å². The number of hydrogen-bond acceptors (Lipinski definition) is 2. The van der Waals surface area contributed by atoms with Crippen molar-refractivity contribution in [3.8, 4) is 0 Å². The Morgan fingerprint density at radius 2 is 1.50 bits per heavy atom. The molecule has 0 bridgehead atoms. The van der Waals surface area contributed by atoms with E-state index in [1.807, 2.05) is 26.0 Å². The van der Waals surface area contributed by atoms with Gasteiger partial charge in [-0.15, -0.1) is 0 Å². The Kier molecular flexibility index (Phi) is 3.53. The molecule has 2 aliphatic carbocycles. The molecule has 0 heterocycles. The maximum Gasteiger partial charge on any atom is -0.00487 e. The molecule has 2 fully saturated rings. The van der Waals surface area contributed by atoms with Gasteiger partial charge in [0.05, 0.1) is 0 Å². The van der Waals surface area contributed by atoms with Crippen LogP contribution in [0.1, 0.15) is 19.3 Å². The van der Waals surface area contributed by atoms with E-state index in [0.717, 1.165) is 24.3 Å². The summed E-state index contributed by atoms with van der Waals surface area (Å²) in [5.74, 6) is 3.13. The molecule has 2 unspecified atom stereocenters. The van der Waals surface area contributed by atoms with Crippen molar-refractivity contribution in [1.82, 2.24) is 4.90 Å². The summed E-state index contributed by atoms with van der Waals surface area (Å²) in [6.45, 7) is 0.938. The summed E-state index contributed by atoms with van der Waals surface area (Å²) in [7, 11) is 6.00. The van der Waals surface area contributed by atoms with Crippen molar-refractivity contribution >= 4 is 0 Å². The summed E-state index contributed by atoms with van der Waals surface area (Å²) in [5.41, 5.74) is 5.52. The number of rotatable bonds is 1. The van der Waals surface area contributed by atoms with Gasteiger partial charge in [-0.1, -0.05) is 0 Å². The average molecular weight is 170 g/mol. The molecule has 2 saturated carbocycles. The lowest BCUT2D eigenvalue weighted by molar-refractivity contribution is 0.499. The summed E-state index contributed by atoms with van der Waals surface area (Å²) >= 11 is 0.